The van der Waals surface area contributed by atoms with Gasteiger partial charge in [-0.05, 0) is 18.2 Å². The Hall–Kier alpha value is -2.81. The fourth-order valence-corrected chi connectivity index (χ4v) is 2.74. The molecule has 2 heterocycles. The third-order valence-electron chi connectivity index (χ3n) is 3.03. The Bertz CT molecular complexity index is 816. The van der Waals surface area contributed by atoms with Crippen molar-refractivity contribution < 1.29 is 14.6 Å². The lowest BCUT2D eigenvalue weighted by atomic mass is 10.3. The molecule has 0 atom stereocenters. The van der Waals surface area contributed by atoms with Gasteiger partial charge in [0, 0.05) is 6.20 Å². The van der Waals surface area contributed by atoms with Gasteiger partial charge in [-0.15, -0.1) is 10.2 Å². The molecule has 2 N–H and O–H groups in total. The summed E-state index contributed by atoms with van der Waals surface area (Å²) in [5, 5.41) is 24.4. The molecule has 0 bridgehead atoms. The molecule has 0 saturated heterocycles. The van der Waals surface area contributed by atoms with E-state index in [1.807, 2.05) is 24.3 Å². The van der Waals surface area contributed by atoms with Gasteiger partial charge in [0.15, 0.2) is 11.0 Å². The number of benzene rings is 1. The van der Waals surface area contributed by atoms with Crippen LogP contribution in [0.4, 0.5) is 0 Å². The average Bonchev–Trinajstić information content (AvgIpc) is 3.21. The summed E-state index contributed by atoms with van der Waals surface area (Å²) in [5.74, 6) is 0.119. The molecule has 0 fully saturated rings. The molecule has 3 rings (SSSR count). The van der Waals surface area contributed by atoms with Gasteiger partial charge in [0.25, 0.3) is 0 Å². The molecule has 0 saturated carbocycles. The summed E-state index contributed by atoms with van der Waals surface area (Å²) >= 11 is 1.09. The summed E-state index contributed by atoms with van der Waals surface area (Å²) in [6, 6.07) is 9.15. The van der Waals surface area contributed by atoms with Crippen molar-refractivity contribution in [2.75, 3.05) is 12.9 Å². The molecule has 0 unspecified atom stereocenters. The Kier molecular flexibility index (Phi) is 4.29. The molecule has 3 aromatic rings. The molecular weight excluding hydrogens is 318 g/mol. The maximum absolute atomic E-state index is 10.9. The zero-order chi connectivity index (χ0) is 16.2. The normalized spacial score (nSPS) is 10.7. The summed E-state index contributed by atoms with van der Waals surface area (Å²) in [6.45, 7) is 0. The van der Waals surface area contributed by atoms with E-state index < -0.39 is 5.97 Å². The fraction of sp³-hybridized carbons (Fsp3) is 0.143. The summed E-state index contributed by atoms with van der Waals surface area (Å²) in [6.07, 6.45) is 1.61. The van der Waals surface area contributed by atoms with E-state index >= 15 is 0 Å². The number of carbonyl (C=O) groups is 1. The molecule has 118 valence electrons. The first-order valence-electron chi connectivity index (χ1n) is 6.64. The second-order valence-electron chi connectivity index (χ2n) is 4.47. The number of aromatic nitrogens is 5. The maximum Gasteiger partial charge on any atom is 0.313 e. The molecule has 0 amide bonds. The van der Waals surface area contributed by atoms with E-state index in [9.17, 15) is 4.79 Å². The van der Waals surface area contributed by atoms with Crippen LogP contribution in [-0.2, 0) is 4.79 Å². The minimum atomic E-state index is -0.923. The van der Waals surface area contributed by atoms with Crippen molar-refractivity contribution in [3.63, 3.8) is 0 Å². The lowest BCUT2D eigenvalue weighted by Gasteiger charge is -2.12. The number of carboxylic acid groups (broad SMARTS) is 1. The van der Waals surface area contributed by atoms with Crippen LogP contribution in [0.15, 0.2) is 41.7 Å². The number of carboxylic acids is 1. The first-order chi connectivity index (χ1) is 11.2. The number of rotatable bonds is 6. The summed E-state index contributed by atoms with van der Waals surface area (Å²) in [4.78, 5) is 10.9. The van der Waals surface area contributed by atoms with Crippen molar-refractivity contribution in [1.82, 2.24) is 25.0 Å². The van der Waals surface area contributed by atoms with Gasteiger partial charge in [-0.25, -0.2) is 0 Å². The van der Waals surface area contributed by atoms with E-state index in [2.05, 4.69) is 20.4 Å². The highest BCUT2D eigenvalue weighted by Gasteiger charge is 2.20. The van der Waals surface area contributed by atoms with Crippen molar-refractivity contribution in [2.45, 2.75) is 5.16 Å². The topological polar surface area (TPSA) is 106 Å². The number of hydrogen-bond acceptors (Lipinski definition) is 6. The predicted molar refractivity (Wildman–Crippen MR) is 83.9 cm³/mol. The molecule has 0 spiro atoms. The molecule has 23 heavy (non-hydrogen) atoms. The third kappa shape index (κ3) is 3.04. The quantitative estimate of drug-likeness (QED) is 0.664. The molecule has 0 aliphatic rings. The largest absolute Gasteiger partial charge is 0.495 e. The average molecular weight is 331 g/mol. The highest BCUT2D eigenvalue weighted by molar-refractivity contribution is 7.99. The number of H-pyrrole nitrogens is 1. The predicted octanol–water partition coefficient (Wildman–Crippen LogP) is 1.84. The van der Waals surface area contributed by atoms with Gasteiger partial charge in [0.05, 0.1) is 18.6 Å². The van der Waals surface area contributed by atoms with Gasteiger partial charge in [-0.2, -0.15) is 5.10 Å². The fourth-order valence-electron chi connectivity index (χ4n) is 2.08. The molecule has 9 heteroatoms. The highest BCUT2D eigenvalue weighted by atomic mass is 32.2. The second-order valence-corrected chi connectivity index (χ2v) is 5.41. The van der Waals surface area contributed by atoms with Gasteiger partial charge >= 0.3 is 5.97 Å². The third-order valence-corrected chi connectivity index (χ3v) is 3.94. The Morgan fingerprint density at radius 1 is 1.35 bits per heavy atom. The monoisotopic (exact) mass is 331 g/mol. The first-order valence-corrected chi connectivity index (χ1v) is 7.62. The lowest BCUT2D eigenvalue weighted by Crippen LogP contribution is -2.04. The minimum absolute atomic E-state index is 0.115. The maximum atomic E-state index is 10.9. The van der Waals surface area contributed by atoms with Crippen LogP contribution in [0.3, 0.4) is 0 Å². The summed E-state index contributed by atoms with van der Waals surface area (Å²) in [7, 11) is 1.57. The van der Waals surface area contributed by atoms with E-state index in [4.69, 9.17) is 9.84 Å². The molecule has 8 nitrogen and oxygen atoms in total. The van der Waals surface area contributed by atoms with Crippen LogP contribution in [0.2, 0.25) is 0 Å². The van der Waals surface area contributed by atoms with Gasteiger partial charge in [-0.3, -0.25) is 14.5 Å². The van der Waals surface area contributed by atoms with Gasteiger partial charge < -0.3 is 9.84 Å². The Morgan fingerprint density at radius 3 is 2.87 bits per heavy atom. The van der Waals surface area contributed by atoms with Crippen molar-refractivity contribution in [3.05, 3.63) is 36.5 Å². The van der Waals surface area contributed by atoms with Gasteiger partial charge in [0.2, 0.25) is 0 Å². The first kappa shape index (κ1) is 15.1. The van der Waals surface area contributed by atoms with E-state index in [1.54, 1.807) is 23.9 Å². The summed E-state index contributed by atoms with van der Waals surface area (Å²) in [5.41, 5.74) is 1.39. The van der Waals surface area contributed by atoms with Crippen molar-refractivity contribution >= 4 is 17.7 Å². The second kappa shape index (κ2) is 6.53. The number of methoxy groups -OCH3 is 1. The van der Waals surface area contributed by atoms with E-state index in [-0.39, 0.29) is 5.75 Å². The number of hydrogen-bond donors (Lipinski definition) is 2. The Morgan fingerprint density at radius 2 is 2.17 bits per heavy atom. The molecule has 0 radical (unpaired) electrons. The Balaban J connectivity index is 2.14. The number of aliphatic carboxylic acids is 1. The SMILES string of the molecule is COc1ccccc1-n1c(SCC(=O)O)nnc1-c1ccn[nH]1. The van der Waals surface area contributed by atoms with Crippen molar-refractivity contribution in [2.24, 2.45) is 0 Å². The number of thioether (sulfide) groups is 1. The van der Waals surface area contributed by atoms with Crippen LogP contribution in [-0.4, -0.2) is 48.9 Å². The van der Waals surface area contributed by atoms with E-state index in [0.717, 1.165) is 17.4 Å². The number of aromatic amines is 1. The Labute approximate surface area is 135 Å². The van der Waals surface area contributed by atoms with Crippen LogP contribution in [0, 0.1) is 0 Å². The number of ether oxygens (including phenoxy) is 1. The van der Waals surface area contributed by atoms with E-state index in [0.29, 0.717) is 22.4 Å². The van der Waals surface area contributed by atoms with Crippen LogP contribution in [0.5, 0.6) is 5.75 Å². The van der Waals surface area contributed by atoms with Crippen molar-refractivity contribution in [1.29, 1.82) is 0 Å². The number of para-hydroxylation sites is 2. The van der Waals surface area contributed by atoms with Crippen LogP contribution in [0.25, 0.3) is 17.2 Å². The minimum Gasteiger partial charge on any atom is -0.495 e. The standard InChI is InChI=1S/C14H13N5O3S/c1-22-11-5-3-2-4-10(11)19-13(9-6-7-15-16-9)17-18-14(19)23-8-12(20)21/h2-7H,8H2,1H3,(H,15,16)(H,20,21). The zero-order valence-corrected chi connectivity index (χ0v) is 12.9. The van der Waals surface area contributed by atoms with Gasteiger partial charge in [-0.1, -0.05) is 23.9 Å². The highest BCUT2D eigenvalue weighted by Crippen LogP contribution is 2.31. The lowest BCUT2D eigenvalue weighted by molar-refractivity contribution is -0.133. The van der Waals surface area contributed by atoms with Crippen LogP contribution >= 0.6 is 11.8 Å². The van der Waals surface area contributed by atoms with Crippen LogP contribution in [0.1, 0.15) is 0 Å². The molecular formula is C14H13N5O3S. The summed E-state index contributed by atoms with van der Waals surface area (Å²) < 4.78 is 7.14. The number of nitrogens with zero attached hydrogens (tertiary/aromatic N) is 4. The molecule has 2 aromatic heterocycles. The molecule has 1 aromatic carbocycles. The molecule has 0 aliphatic heterocycles. The smallest absolute Gasteiger partial charge is 0.313 e. The molecule has 0 aliphatic carbocycles. The van der Waals surface area contributed by atoms with E-state index in [1.165, 1.54) is 0 Å². The van der Waals surface area contributed by atoms with Crippen LogP contribution < -0.4 is 4.74 Å². The zero-order valence-electron chi connectivity index (χ0n) is 12.1. The van der Waals surface area contributed by atoms with Crippen molar-refractivity contribution in [3.8, 4) is 23.0 Å². The van der Waals surface area contributed by atoms with Gasteiger partial charge in [0.1, 0.15) is 11.4 Å². The number of nitrogens with one attached hydrogen (secondary N) is 1.